The van der Waals surface area contributed by atoms with E-state index in [-0.39, 0.29) is 32.2 Å². The third-order valence-corrected chi connectivity index (χ3v) is 4.04. The Morgan fingerprint density at radius 2 is 1.79 bits per heavy atom. The summed E-state index contributed by atoms with van der Waals surface area (Å²) in [7, 11) is 0. The number of hydrogen-bond donors (Lipinski definition) is 1. The van der Waals surface area contributed by atoms with Crippen molar-refractivity contribution in [3.63, 3.8) is 0 Å². The third kappa shape index (κ3) is 4.29. The van der Waals surface area contributed by atoms with Crippen molar-refractivity contribution in [1.29, 1.82) is 0 Å². The van der Waals surface area contributed by atoms with Crippen LogP contribution in [0, 0.1) is 10.1 Å². The molecule has 0 spiro atoms. The Balaban J connectivity index is 2.14. The molecule has 0 radical (unpaired) electrons. The maximum Gasteiger partial charge on any atom is 0.310 e. The van der Waals surface area contributed by atoms with Crippen LogP contribution in [0.4, 0.5) is 11.4 Å². The average Bonchev–Trinajstić information content (AvgIpc) is 2.52. The van der Waals surface area contributed by atoms with E-state index >= 15 is 0 Å². The fourth-order valence-corrected chi connectivity index (χ4v) is 2.40. The highest BCUT2D eigenvalue weighted by molar-refractivity contribution is 6.44. The number of hydrogen-bond acceptors (Lipinski definition) is 4. The van der Waals surface area contributed by atoms with Gasteiger partial charge in [-0.05, 0) is 25.1 Å². The zero-order chi connectivity index (χ0) is 17.9. The molecule has 2 aromatic rings. The molecule has 0 aliphatic carbocycles. The molecule has 0 heterocycles. The fourth-order valence-electron chi connectivity index (χ4n) is 1.80. The summed E-state index contributed by atoms with van der Waals surface area (Å²) in [5, 5.41) is 14.2. The van der Waals surface area contributed by atoms with Crippen LogP contribution in [0.15, 0.2) is 36.4 Å². The summed E-state index contributed by atoms with van der Waals surface area (Å²) >= 11 is 17.7. The van der Waals surface area contributed by atoms with E-state index in [1.165, 1.54) is 37.3 Å². The number of amides is 1. The molecule has 0 aromatic heterocycles. The molecule has 1 unspecified atom stereocenters. The van der Waals surface area contributed by atoms with Crippen molar-refractivity contribution in [3.05, 3.63) is 61.6 Å². The van der Waals surface area contributed by atoms with Gasteiger partial charge in [-0.1, -0.05) is 46.9 Å². The van der Waals surface area contributed by atoms with Crippen LogP contribution in [0.3, 0.4) is 0 Å². The quantitative estimate of drug-likeness (QED) is 0.445. The first-order valence-corrected chi connectivity index (χ1v) is 7.78. The minimum Gasteiger partial charge on any atom is -0.474 e. The minimum absolute atomic E-state index is 0.00890. The summed E-state index contributed by atoms with van der Waals surface area (Å²) in [6.45, 7) is 1.46. The molecule has 9 heteroatoms. The van der Waals surface area contributed by atoms with Crippen LogP contribution in [0.5, 0.6) is 5.75 Å². The fraction of sp³-hybridized carbons (Fsp3) is 0.133. The molecular weight excluding hydrogens is 379 g/mol. The summed E-state index contributed by atoms with van der Waals surface area (Å²) in [5.41, 5.74) is 0.0267. The Labute approximate surface area is 152 Å². The molecule has 6 nitrogen and oxygen atoms in total. The Bertz CT molecular complexity index is 798. The third-order valence-electron chi connectivity index (χ3n) is 3.00. The molecule has 0 aliphatic rings. The number of nitro benzene ring substituents is 1. The first-order chi connectivity index (χ1) is 11.3. The zero-order valence-corrected chi connectivity index (χ0v) is 14.5. The van der Waals surface area contributed by atoms with Crippen LogP contribution >= 0.6 is 34.8 Å². The molecule has 0 saturated carbocycles. The van der Waals surface area contributed by atoms with Crippen molar-refractivity contribution in [1.82, 2.24) is 0 Å². The second-order valence-corrected chi connectivity index (χ2v) is 5.94. The Hall–Kier alpha value is -2.02. The van der Waals surface area contributed by atoms with Gasteiger partial charge in [-0.2, -0.15) is 0 Å². The van der Waals surface area contributed by atoms with Crippen molar-refractivity contribution in [2.24, 2.45) is 0 Å². The summed E-state index contributed by atoms with van der Waals surface area (Å²) in [6, 6.07) is 8.58. The first-order valence-electron chi connectivity index (χ1n) is 6.65. The maximum absolute atomic E-state index is 12.2. The number of nitrogens with zero attached hydrogens (tertiary/aromatic N) is 1. The lowest BCUT2D eigenvalue weighted by molar-refractivity contribution is -0.386. The monoisotopic (exact) mass is 388 g/mol. The SMILES string of the molecule is CC(Oc1ccccc1[N+](=O)[O-])C(=O)Nc1cc(Cl)c(Cl)cc1Cl. The van der Waals surface area contributed by atoms with E-state index in [0.29, 0.717) is 0 Å². The number of para-hydroxylation sites is 2. The molecule has 1 N–H and O–H groups in total. The van der Waals surface area contributed by atoms with Crippen LogP contribution in [0.2, 0.25) is 15.1 Å². The van der Waals surface area contributed by atoms with E-state index in [2.05, 4.69) is 5.32 Å². The molecule has 0 aliphatic heterocycles. The van der Waals surface area contributed by atoms with Gasteiger partial charge in [-0.3, -0.25) is 14.9 Å². The van der Waals surface area contributed by atoms with Crippen LogP contribution in [-0.4, -0.2) is 16.9 Å². The number of ether oxygens (including phenoxy) is 1. The highest BCUT2D eigenvalue weighted by Crippen LogP contribution is 2.32. The van der Waals surface area contributed by atoms with Gasteiger partial charge in [0.15, 0.2) is 11.9 Å². The molecule has 24 heavy (non-hydrogen) atoms. The van der Waals surface area contributed by atoms with Crippen LogP contribution in [0.25, 0.3) is 0 Å². The van der Waals surface area contributed by atoms with Crippen LogP contribution in [0.1, 0.15) is 6.92 Å². The molecular formula is C15H11Cl3N2O4. The summed E-state index contributed by atoms with van der Waals surface area (Å²) in [5.74, 6) is -0.557. The topological polar surface area (TPSA) is 81.5 Å². The normalized spacial score (nSPS) is 11.7. The number of halogens is 3. The van der Waals surface area contributed by atoms with Crippen molar-refractivity contribution in [2.45, 2.75) is 13.0 Å². The molecule has 126 valence electrons. The number of carbonyl (C=O) groups excluding carboxylic acids is 1. The lowest BCUT2D eigenvalue weighted by Crippen LogP contribution is -2.30. The van der Waals surface area contributed by atoms with Gasteiger partial charge in [0.25, 0.3) is 5.91 Å². The first kappa shape index (κ1) is 18.3. The number of nitrogens with one attached hydrogen (secondary N) is 1. The van der Waals surface area contributed by atoms with Crippen molar-refractivity contribution >= 4 is 52.1 Å². The minimum atomic E-state index is -1.00. The number of benzene rings is 2. The van der Waals surface area contributed by atoms with Gasteiger partial charge in [0.05, 0.1) is 25.7 Å². The molecule has 2 rings (SSSR count). The molecule has 0 fully saturated rings. The predicted octanol–water partition coefficient (Wildman–Crippen LogP) is 4.96. The lowest BCUT2D eigenvalue weighted by atomic mass is 10.2. The van der Waals surface area contributed by atoms with Gasteiger partial charge < -0.3 is 10.1 Å². The Morgan fingerprint density at radius 1 is 1.17 bits per heavy atom. The van der Waals surface area contributed by atoms with Gasteiger partial charge in [0.2, 0.25) is 0 Å². The van der Waals surface area contributed by atoms with E-state index in [4.69, 9.17) is 39.5 Å². The predicted molar refractivity (Wildman–Crippen MR) is 93.3 cm³/mol. The average molecular weight is 390 g/mol. The number of nitro groups is 1. The van der Waals surface area contributed by atoms with Crippen LogP contribution < -0.4 is 10.1 Å². The Kier molecular flexibility index (Phi) is 5.88. The molecule has 2 aromatic carbocycles. The molecule has 1 amide bonds. The molecule has 0 saturated heterocycles. The van der Waals surface area contributed by atoms with Gasteiger partial charge in [-0.25, -0.2) is 0 Å². The van der Waals surface area contributed by atoms with Crippen molar-refractivity contribution < 1.29 is 14.5 Å². The highest BCUT2D eigenvalue weighted by atomic mass is 35.5. The maximum atomic E-state index is 12.2. The van der Waals surface area contributed by atoms with E-state index in [1.54, 1.807) is 6.07 Å². The Morgan fingerprint density at radius 3 is 2.46 bits per heavy atom. The molecule has 1 atom stereocenters. The lowest BCUT2D eigenvalue weighted by Gasteiger charge is -2.15. The standard InChI is InChI=1S/C15H11Cl3N2O4/c1-8(24-14-5-3-2-4-13(14)20(22)23)15(21)19-12-7-10(17)9(16)6-11(12)18/h2-8H,1H3,(H,19,21). The van der Waals surface area contributed by atoms with Gasteiger partial charge in [0, 0.05) is 6.07 Å². The van der Waals surface area contributed by atoms with E-state index in [9.17, 15) is 14.9 Å². The zero-order valence-electron chi connectivity index (χ0n) is 12.3. The van der Waals surface area contributed by atoms with Crippen LogP contribution in [-0.2, 0) is 4.79 Å². The summed E-state index contributed by atoms with van der Waals surface area (Å²) in [6.07, 6.45) is -1.00. The summed E-state index contributed by atoms with van der Waals surface area (Å²) < 4.78 is 5.38. The van der Waals surface area contributed by atoms with Crippen molar-refractivity contribution in [2.75, 3.05) is 5.32 Å². The van der Waals surface area contributed by atoms with Gasteiger partial charge in [0.1, 0.15) is 0 Å². The second kappa shape index (κ2) is 7.70. The van der Waals surface area contributed by atoms with E-state index < -0.39 is 16.9 Å². The van der Waals surface area contributed by atoms with Gasteiger partial charge in [-0.15, -0.1) is 0 Å². The second-order valence-electron chi connectivity index (χ2n) is 4.72. The highest BCUT2D eigenvalue weighted by Gasteiger charge is 2.21. The summed E-state index contributed by atoms with van der Waals surface area (Å²) in [4.78, 5) is 22.6. The number of anilines is 1. The molecule has 0 bridgehead atoms. The van der Waals surface area contributed by atoms with E-state index in [1.807, 2.05) is 0 Å². The largest absolute Gasteiger partial charge is 0.474 e. The van der Waals surface area contributed by atoms with E-state index in [0.717, 1.165) is 0 Å². The van der Waals surface area contributed by atoms with Gasteiger partial charge >= 0.3 is 5.69 Å². The smallest absolute Gasteiger partial charge is 0.310 e. The number of rotatable bonds is 5. The number of carbonyl (C=O) groups is 1. The van der Waals surface area contributed by atoms with Crippen molar-refractivity contribution in [3.8, 4) is 5.75 Å².